The summed E-state index contributed by atoms with van der Waals surface area (Å²) < 4.78 is 16.7. The van der Waals surface area contributed by atoms with Gasteiger partial charge in [0.25, 0.3) is 0 Å². The minimum atomic E-state index is -0.770. The van der Waals surface area contributed by atoms with E-state index in [4.69, 9.17) is 14.2 Å². The van der Waals surface area contributed by atoms with Crippen LogP contribution in [-0.4, -0.2) is 37.2 Å². The number of allylic oxidation sites excluding steroid dienone is 4. The summed E-state index contributed by atoms with van der Waals surface area (Å²) >= 11 is 0. The van der Waals surface area contributed by atoms with Crippen LogP contribution in [0.1, 0.15) is 258 Å². The molecule has 0 amide bonds. The van der Waals surface area contributed by atoms with Crippen molar-refractivity contribution < 1.29 is 28.6 Å². The van der Waals surface area contributed by atoms with Crippen molar-refractivity contribution in [1.29, 1.82) is 0 Å². The van der Waals surface area contributed by atoms with Crippen LogP contribution < -0.4 is 0 Å². The van der Waals surface area contributed by atoms with Crippen LogP contribution in [0.25, 0.3) is 0 Å². The summed E-state index contributed by atoms with van der Waals surface area (Å²) in [5.74, 6) is -0.888. The van der Waals surface area contributed by atoms with Crippen molar-refractivity contribution in [3.63, 3.8) is 0 Å². The standard InChI is InChI=1S/C50H92O6/c1-4-7-10-13-16-18-20-22-24-25-26-27-29-30-32-34-37-40-43-49(52)55-46-47(45-54-48(51)42-39-36-15-12-9-6-3)56-50(53)44-41-38-35-33-31-28-23-21-19-17-14-11-8-5-2/h14,17,21,23,47H,4-13,15-16,18-20,22,24-46H2,1-3H3/b17-14-,23-21-. The molecule has 0 aromatic carbocycles. The van der Waals surface area contributed by atoms with Crippen molar-refractivity contribution in [2.45, 2.75) is 264 Å². The van der Waals surface area contributed by atoms with E-state index >= 15 is 0 Å². The lowest BCUT2D eigenvalue weighted by Crippen LogP contribution is -2.30. The number of carbonyl (C=O) groups excluding carboxylic acids is 3. The Bertz CT molecular complexity index is 911. The van der Waals surface area contributed by atoms with Gasteiger partial charge >= 0.3 is 17.9 Å². The summed E-state index contributed by atoms with van der Waals surface area (Å²) in [6.07, 6.45) is 50.4. The molecule has 0 aromatic rings. The third-order valence-corrected chi connectivity index (χ3v) is 10.7. The summed E-state index contributed by atoms with van der Waals surface area (Å²) in [5, 5.41) is 0. The summed E-state index contributed by atoms with van der Waals surface area (Å²) in [7, 11) is 0. The lowest BCUT2D eigenvalue weighted by molar-refractivity contribution is -0.167. The smallest absolute Gasteiger partial charge is 0.306 e. The molecule has 0 aromatic heterocycles. The fourth-order valence-electron chi connectivity index (χ4n) is 6.99. The molecule has 0 rings (SSSR count). The highest BCUT2D eigenvalue weighted by Gasteiger charge is 2.19. The van der Waals surface area contributed by atoms with Gasteiger partial charge < -0.3 is 14.2 Å². The number of esters is 3. The molecule has 56 heavy (non-hydrogen) atoms. The minimum absolute atomic E-state index is 0.0734. The van der Waals surface area contributed by atoms with Crippen molar-refractivity contribution in [2.75, 3.05) is 13.2 Å². The van der Waals surface area contributed by atoms with Crippen LogP contribution in [0.5, 0.6) is 0 Å². The van der Waals surface area contributed by atoms with Crippen LogP contribution in [0.15, 0.2) is 24.3 Å². The van der Waals surface area contributed by atoms with Gasteiger partial charge in [-0.05, 0) is 44.9 Å². The number of hydrogen-bond acceptors (Lipinski definition) is 6. The lowest BCUT2D eigenvalue weighted by Gasteiger charge is -2.18. The summed E-state index contributed by atoms with van der Waals surface area (Å²) in [6.45, 7) is 6.54. The minimum Gasteiger partial charge on any atom is -0.462 e. The van der Waals surface area contributed by atoms with E-state index in [0.717, 1.165) is 83.5 Å². The largest absolute Gasteiger partial charge is 0.462 e. The Kier molecular flexibility index (Phi) is 43.9. The second kappa shape index (κ2) is 45.6. The Labute approximate surface area is 347 Å². The van der Waals surface area contributed by atoms with Gasteiger partial charge in [0.1, 0.15) is 13.2 Å². The second-order valence-corrected chi connectivity index (χ2v) is 16.4. The Morgan fingerprint density at radius 1 is 0.357 bits per heavy atom. The Hall–Kier alpha value is -2.11. The SMILES string of the molecule is CCCC/C=C\C/C=C\CCCCCCCC(=O)OC(COC(=O)CCCCCCCC)COC(=O)CCCCCCCCCCCCCCCCCCCC. The van der Waals surface area contributed by atoms with Gasteiger partial charge in [0.2, 0.25) is 0 Å². The lowest BCUT2D eigenvalue weighted by atomic mass is 10.0. The van der Waals surface area contributed by atoms with Gasteiger partial charge in [-0.25, -0.2) is 0 Å². The van der Waals surface area contributed by atoms with Gasteiger partial charge in [-0.1, -0.05) is 218 Å². The van der Waals surface area contributed by atoms with Crippen LogP contribution in [0.3, 0.4) is 0 Å². The monoisotopic (exact) mass is 789 g/mol. The first-order valence-electron chi connectivity index (χ1n) is 24.3. The number of ether oxygens (including phenoxy) is 3. The van der Waals surface area contributed by atoms with E-state index in [1.54, 1.807) is 0 Å². The van der Waals surface area contributed by atoms with Crippen molar-refractivity contribution >= 4 is 17.9 Å². The Morgan fingerprint density at radius 2 is 0.661 bits per heavy atom. The van der Waals surface area contributed by atoms with Gasteiger partial charge in [0, 0.05) is 19.3 Å². The average molecular weight is 789 g/mol. The molecule has 0 bridgehead atoms. The zero-order chi connectivity index (χ0) is 40.8. The van der Waals surface area contributed by atoms with E-state index < -0.39 is 6.10 Å². The second-order valence-electron chi connectivity index (χ2n) is 16.4. The molecule has 0 fully saturated rings. The quantitative estimate of drug-likeness (QED) is 0.0265. The Balaban J connectivity index is 4.20. The number of unbranched alkanes of at least 4 members (excludes halogenated alkanes) is 29. The Morgan fingerprint density at radius 3 is 1.04 bits per heavy atom. The predicted octanol–water partition coefficient (Wildman–Crippen LogP) is 15.6. The van der Waals surface area contributed by atoms with E-state index in [2.05, 4.69) is 45.1 Å². The molecule has 1 atom stereocenters. The molecule has 6 heteroatoms. The van der Waals surface area contributed by atoms with E-state index in [-0.39, 0.29) is 31.1 Å². The molecule has 0 aliphatic heterocycles. The molecular formula is C50H92O6. The molecule has 6 nitrogen and oxygen atoms in total. The van der Waals surface area contributed by atoms with Crippen LogP contribution in [0.4, 0.5) is 0 Å². The molecule has 0 spiro atoms. The van der Waals surface area contributed by atoms with Gasteiger partial charge in [-0.2, -0.15) is 0 Å². The van der Waals surface area contributed by atoms with Crippen molar-refractivity contribution in [3.8, 4) is 0 Å². The van der Waals surface area contributed by atoms with Crippen molar-refractivity contribution in [3.05, 3.63) is 24.3 Å². The fourth-order valence-corrected chi connectivity index (χ4v) is 6.99. The third-order valence-electron chi connectivity index (χ3n) is 10.7. The summed E-state index contributed by atoms with van der Waals surface area (Å²) in [5.41, 5.74) is 0. The maximum Gasteiger partial charge on any atom is 0.306 e. The maximum absolute atomic E-state index is 12.7. The molecule has 0 N–H and O–H groups in total. The van der Waals surface area contributed by atoms with Crippen LogP contribution in [-0.2, 0) is 28.6 Å². The van der Waals surface area contributed by atoms with Crippen molar-refractivity contribution in [1.82, 2.24) is 0 Å². The molecule has 1 unspecified atom stereocenters. The third kappa shape index (κ3) is 43.0. The first-order chi connectivity index (χ1) is 27.5. The van der Waals surface area contributed by atoms with Gasteiger partial charge in [0.05, 0.1) is 0 Å². The topological polar surface area (TPSA) is 78.9 Å². The van der Waals surface area contributed by atoms with E-state index in [0.29, 0.717) is 19.3 Å². The maximum atomic E-state index is 12.7. The number of carbonyl (C=O) groups is 3. The van der Waals surface area contributed by atoms with Gasteiger partial charge in [-0.15, -0.1) is 0 Å². The van der Waals surface area contributed by atoms with Gasteiger partial charge in [-0.3, -0.25) is 14.4 Å². The summed E-state index contributed by atoms with van der Waals surface area (Å²) in [6, 6.07) is 0. The van der Waals surface area contributed by atoms with Crippen molar-refractivity contribution in [2.24, 2.45) is 0 Å². The molecule has 0 aliphatic carbocycles. The zero-order valence-electron chi connectivity index (χ0n) is 37.4. The average Bonchev–Trinajstić information content (AvgIpc) is 3.19. The van der Waals surface area contributed by atoms with E-state index in [1.807, 2.05) is 0 Å². The van der Waals surface area contributed by atoms with Crippen LogP contribution in [0, 0.1) is 0 Å². The van der Waals surface area contributed by atoms with E-state index in [9.17, 15) is 14.4 Å². The molecule has 0 radical (unpaired) electrons. The molecule has 328 valence electrons. The fraction of sp³-hybridized carbons (Fsp3) is 0.860. The first kappa shape index (κ1) is 53.9. The van der Waals surface area contributed by atoms with Crippen LogP contribution in [0.2, 0.25) is 0 Å². The van der Waals surface area contributed by atoms with Crippen LogP contribution >= 0.6 is 0 Å². The molecule has 0 saturated heterocycles. The predicted molar refractivity (Wildman–Crippen MR) is 238 cm³/mol. The molecule has 0 saturated carbocycles. The number of hydrogen-bond donors (Lipinski definition) is 0. The zero-order valence-corrected chi connectivity index (χ0v) is 37.4. The number of rotatable bonds is 44. The first-order valence-corrected chi connectivity index (χ1v) is 24.3. The molecule has 0 aliphatic rings. The highest BCUT2D eigenvalue weighted by Crippen LogP contribution is 2.16. The summed E-state index contributed by atoms with van der Waals surface area (Å²) in [4.78, 5) is 37.6. The highest BCUT2D eigenvalue weighted by molar-refractivity contribution is 5.71. The molecular weight excluding hydrogens is 697 g/mol. The normalized spacial score (nSPS) is 12.1. The highest BCUT2D eigenvalue weighted by atomic mass is 16.6. The van der Waals surface area contributed by atoms with E-state index in [1.165, 1.54) is 135 Å². The van der Waals surface area contributed by atoms with Gasteiger partial charge in [0.15, 0.2) is 6.10 Å². The molecule has 0 heterocycles.